The Morgan fingerprint density at radius 3 is 2.16 bits per heavy atom. The molecule has 1 aliphatic carbocycles. The van der Waals surface area contributed by atoms with Crippen LogP contribution in [0, 0.1) is 0 Å². The first-order chi connectivity index (χ1) is 12.3. The predicted molar refractivity (Wildman–Crippen MR) is 97.5 cm³/mol. The molecule has 0 radical (unpaired) electrons. The minimum absolute atomic E-state index is 0.156. The summed E-state index contributed by atoms with van der Waals surface area (Å²) < 4.78 is 11.8. The quantitative estimate of drug-likeness (QED) is 0.823. The number of rotatable bonds is 3. The second-order valence-electron chi connectivity index (χ2n) is 6.28. The minimum atomic E-state index is -0.512. The number of allylic oxidation sites excluding steroid dienone is 3. The molecular formula is C22H20O3. The molecule has 126 valence electrons. The molecule has 0 bridgehead atoms. The van der Waals surface area contributed by atoms with Crippen LogP contribution >= 0.6 is 0 Å². The van der Waals surface area contributed by atoms with Crippen LogP contribution < -0.4 is 0 Å². The minimum Gasteiger partial charge on any atom is -0.464 e. The Kier molecular flexibility index (Phi) is 4.24. The third-order valence-corrected chi connectivity index (χ3v) is 4.73. The molecule has 1 atom stereocenters. The highest BCUT2D eigenvalue weighted by atomic mass is 16.7. The average molecular weight is 332 g/mol. The first-order valence-corrected chi connectivity index (χ1v) is 8.61. The first-order valence-electron chi connectivity index (χ1n) is 8.61. The van der Waals surface area contributed by atoms with E-state index in [9.17, 15) is 4.79 Å². The lowest BCUT2D eigenvalue weighted by molar-refractivity contribution is -0.117. The molecule has 0 fully saturated rings. The van der Waals surface area contributed by atoms with Crippen molar-refractivity contribution in [3.8, 4) is 0 Å². The molecule has 2 aliphatic rings. The van der Waals surface area contributed by atoms with E-state index in [4.69, 9.17) is 9.47 Å². The van der Waals surface area contributed by atoms with Crippen LogP contribution in [0.1, 0.15) is 30.4 Å². The molecule has 3 heteroatoms. The summed E-state index contributed by atoms with van der Waals surface area (Å²) in [6, 6.07) is 20.1. The molecule has 0 N–H and O–H groups in total. The van der Waals surface area contributed by atoms with Gasteiger partial charge in [-0.2, -0.15) is 0 Å². The molecule has 2 aromatic rings. The van der Waals surface area contributed by atoms with Gasteiger partial charge in [-0.3, -0.25) is 4.79 Å². The Hall–Kier alpha value is -2.65. The second-order valence-corrected chi connectivity index (χ2v) is 6.28. The van der Waals surface area contributed by atoms with Crippen molar-refractivity contribution in [3.63, 3.8) is 0 Å². The maximum Gasteiger partial charge on any atom is 0.227 e. The van der Waals surface area contributed by atoms with Crippen LogP contribution in [0.25, 0.3) is 11.1 Å². The number of methoxy groups -OCH3 is 1. The zero-order valence-electron chi connectivity index (χ0n) is 14.2. The van der Waals surface area contributed by atoms with Crippen molar-refractivity contribution in [2.75, 3.05) is 7.11 Å². The third-order valence-electron chi connectivity index (χ3n) is 4.73. The highest BCUT2D eigenvalue weighted by Gasteiger charge is 2.36. The van der Waals surface area contributed by atoms with Gasteiger partial charge in [0.2, 0.25) is 6.29 Å². The van der Waals surface area contributed by atoms with Gasteiger partial charge in [0.15, 0.2) is 5.78 Å². The lowest BCUT2D eigenvalue weighted by Gasteiger charge is -2.34. The smallest absolute Gasteiger partial charge is 0.227 e. The van der Waals surface area contributed by atoms with Crippen molar-refractivity contribution >= 4 is 16.9 Å². The van der Waals surface area contributed by atoms with Crippen LogP contribution in [0.4, 0.5) is 0 Å². The van der Waals surface area contributed by atoms with E-state index < -0.39 is 6.29 Å². The lowest BCUT2D eigenvalue weighted by Crippen LogP contribution is -2.28. The molecule has 25 heavy (non-hydrogen) atoms. The number of ketones is 1. The number of benzene rings is 2. The van der Waals surface area contributed by atoms with E-state index >= 15 is 0 Å². The maximum absolute atomic E-state index is 12.8. The summed E-state index contributed by atoms with van der Waals surface area (Å²) in [4.78, 5) is 12.8. The van der Waals surface area contributed by atoms with Crippen molar-refractivity contribution < 1.29 is 14.3 Å². The van der Waals surface area contributed by atoms with E-state index in [0.29, 0.717) is 6.42 Å². The van der Waals surface area contributed by atoms with Gasteiger partial charge in [0.05, 0.1) is 5.57 Å². The topological polar surface area (TPSA) is 35.5 Å². The Morgan fingerprint density at radius 2 is 1.52 bits per heavy atom. The number of carbonyl (C=O) groups excluding carboxylic acids is 1. The fraction of sp³-hybridized carbons (Fsp3) is 0.227. The number of Topliss-reactive ketones (excluding diaryl/α,β-unsaturated/α-hetero) is 1. The van der Waals surface area contributed by atoms with E-state index in [1.54, 1.807) is 7.11 Å². The molecule has 1 unspecified atom stereocenters. The number of ether oxygens (including phenoxy) is 2. The Balaban J connectivity index is 2.03. The number of hydrogen-bond donors (Lipinski definition) is 0. The molecule has 0 saturated heterocycles. The van der Waals surface area contributed by atoms with Gasteiger partial charge in [0.25, 0.3) is 0 Å². The summed E-state index contributed by atoms with van der Waals surface area (Å²) in [6.07, 6.45) is 1.66. The summed E-state index contributed by atoms with van der Waals surface area (Å²) in [5.41, 5.74) is 4.63. The summed E-state index contributed by atoms with van der Waals surface area (Å²) in [5, 5.41) is 0. The average Bonchev–Trinajstić information content (AvgIpc) is 2.68. The van der Waals surface area contributed by atoms with Crippen LogP contribution in [0.3, 0.4) is 0 Å². The van der Waals surface area contributed by atoms with Crippen molar-refractivity contribution in [3.05, 3.63) is 83.1 Å². The van der Waals surface area contributed by atoms with Crippen LogP contribution in [0.2, 0.25) is 0 Å². The van der Waals surface area contributed by atoms with Crippen LogP contribution in [-0.4, -0.2) is 19.2 Å². The first kappa shape index (κ1) is 15.9. The third kappa shape index (κ3) is 2.81. The van der Waals surface area contributed by atoms with E-state index in [2.05, 4.69) is 0 Å². The van der Waals surface area contributed by atoms with Crippen molar-refractivity contribution in [1.29, 1.82) is 0 Å². The fourth-order valence-corrected chi connectivity index (χ4v) is 3.62. The Morgan fingerprint density at radius 1 is 0.880 bits per heavy atom. The molecule has 1 heterocycles. The molecular weight excluding hydrogens is 312 g/mol. The predicted octanol–water partition coefficient (Wildman–Crippen LogP) is 4.61. The molecule has 2 aromatic carbocycles. The van der Waals surface area contributed by atoms with Crippen molar-refractivity contribution in [2.24, 2.45) is 0 Å². The van der Waals surface area contributed by atoms with Crippen LogP contribution in [-0.2, 0) is 14.3 Å². The normalized spacial score (nSPS) is 20.4. The second kappa shape index (κ2) is 6.69. The fourth-order valence-electron chi connectivity index (χ4n) is 3.62. The molecule has 1 aliphatic heterocycles. The standard InChI is InChI=1S/C22H20O3/c1-24-22-20(16-11-6-3-7-12-16)19(15-9-4-2-5-10-15)21-17(23)13-8-14-18(21)25-22/h2-7,9-12,22H,8,13-14H2,1H3. The van der Waals surface area contributed by atoms with Crippen molar-refractivity contribution in [1.82, 2.24) is 0 Å². The van der Waals surface area contributed by atoms with Crippen LogP contribution in [0.15, 0.2) is 72.0 Å². The van der Waals surface area contributed by atoms with Gasteiger partial charge in [-0.1, -0.05) is 60.7 Å². The van der Waals surface area contributed by atoms with Gasteiger partial charge in [-0.25, -0.2) is 0 Å². The SMILES string of the molecule is COC1OC2=C(C(=O)CCC2)C(c2ccccc2)=C1c1ccccc1. The van der Waals surface area contributed by atoms with Gasteiger partial charge in [-0.15, -0.1) is 0 Å². The van der Waals surface area contributed by atoms with Crippen molar-refractivity contribution in [2.45, 2.75) is 25.6 Å². The van der Waals surface area contributed by atoms with Crippen LogP contribution in [0.5, 0.6) is 0 Å². The molecule has 0 amide bonds. The van der Waals surface area contributed by atoms with E-state index in [-0.39, 0.29) is 5.78 Å². The monoisotopic (exact) mass is 332 g/mol. The molecule has 0 spiro atoms. The summed E-state index contributed by atoms with van der Waals surface area (Å²) >= 11 is 0. The summed E-state index contributed by atoms with van der Waals surface area (Å²) in [5.74, 6) is 0.921. The highest BCUT2D eigenvalue weighted by molar-refractivity contribution is 6.17. The summed E-state index contributed by atoms with van der Waals surface area (Å²) in [6.45, 7) is 0. The number of hydrogen-bond acceptors (Lipinski definition) is 3. The van der Waals surface area contributed by atoms with Gasteiger partial charge in [0.1, 0.15) is 5.76 Å². The lowest BCUT2D eigenvalue weighted by atomic mass is 9.81. The molecule has 4 rings (SSSR count). The maximum atomic E-state index is 12.8. The molecule has 0 saturated carbocycles. The Bertz CT molecular complexity index is 847. The number of carbonyl (C=O) groups is 1. The Labute approximate surface area is 147 Å². The van der Waals surface area contributed by atoms with Gasteiger partial charge in [-0.05, 0) is 17.5 Å². The van der Waals surface area contributed by atoms with Gasteiger partial charge >= 0.3 is 0 Å². The molecule has 3 nitrogen and oxygen atoms in total. The zero-order chi connectivity index (χ0) is 17.2. The highest BCUT2D eigenvalue weighted by Crippen LogP contribution is 2.45. The van der Waals surface area contributed by atoms with E-state index in [0.717, 1.165) is 46.4 Å². The largest absolute Gasteiger partial charge is 0.464 e. The van der Waals surface area contributed by atoms with E-state index in [1.165, 1.54) is 0 Å². The van der Waals surface area contributed by atoms with E-state index in [1.807, 2.05) is 60.7 Å². The zero-order valence-corrected chi connectivity index (χ0v) is 14.2. The van der Waals surface area contributed by atoms with Gasteiger partial charge in [0, 0.05) is 31.1 Å². The van der Waals surface area contributed by atoms with Gasteiger partial charge < -0.3 is 9.47 Å². The molecule has 0 aromatic heterocycles. The summed E-state index contributed by atoms with van der Waals surface area (Å²) in [7, 11) is 1.65.